The van der Waals surface area contributed by atoms with Crippen LogP contribution in [0.15, 0.2) is 57.9 Å². The first-order valence-electron chi connectivity index (χ1n) is 7.71. The van der Waals surface area contributed by atoms with Gasteiger partial charge < -0.3 is 4.90 Å². The molecule has 0 atom stereocenters. The van der Waals surface area contributed by atoms with Crippen LogP contribution in [0.2, 0.25) is 0 Å². The van der Waals surface area contributed by atoms with Gasteiger partial charge in [-0.05, 0) is 52.5 Å². The van der Waals surface area contributed by atoms with Crippen LogP contribution in [0.25, 0.3) is 5.65 Å². The molecule has 0 fully saturated rings. The van der Waals surface area contributed by atoms with Crippen molar-refractivity contribution in [3.05, 3.63) is 74.7 Å². The minimum atomic E-state index is -0.0448. The highest BCUT2D eigenvalue weighted by molar-refractivity contribution is 9.10. The molecule has 2 aromatic heterocycles. The van der Waals surface area contributed by atoms with Crippen LogP contribution < -0.4 is 10.5 Å². The zero-order chi connectivity index (χ0) is 15.8. The standard InChI is InChI=1S/C18H16BrN3O/c19-14-7-8-17-20-15(10-18(23)22(17)11-14)12-21-9-3-5-13-4-1-2-6-16(13)21/h1-2,4,6-8,10-11H,3,5,9,12H2. The lowest BCUT2D eigenvalue weighted by molar-refractivity contribution is 0.683. The number of hydrogen-bond acceptors (Lipinski definition) is 3. The fraction of sp³-hybridized carbons (Fsp3) is 0.222. The fourth-order valence-corrected chi connectivity index (χ4v) is 3.52. The number of fused-ring (bicyclic) bond motifs is 2. The maximum atomic E-state index is 12.3. The number of rotatable bonds is 2. The van der Waals surface area contributed by atoms with Gasteiger partial charge >= 0.3 is 0 Å². The molecule has 0 saturated heterocycles. The third-order valence-corrected chi connectivity index (χ3v) is 4.70. The lowest BCUT2D eigenvalue weighted by Gasteiger charge is -2.31. The largest absolute Gasteiger partial charge is 0.365 e. The van der Waals surface area contributed by atoms with Crippen LogP contribution >= 0.6 is 15.9 Å². The van der Waals surface area contributed by atoms with Gasteiger partial charge in [0.05, 0.1) is 12.2 Å². The van der Waals surface area contributed by atoms with Gasteiger partial charge in [0, 0.05) is 29.0 Å². The molecule has 5 heteroatoms. The Balaban J connectivity index is 1.72. The summed E-state index contributed by atoms with van der Waals surface area (Å²) in [6, 6.07) is 13.9. The van der Waals surface area contributed by atoms with Crippen LogP contribution in [-0.4, -0.2) is 15.9 Å². The molecule has 23 heavy (non-hydrogen) atoms. The van der Waals surface area contributed by atoms with Crippen LogP contribution in [0, 0.1) is 0 Å². The predicted octanol–water partition coefficient (Wildman–Crippen LogP) is 3.41. The number of hydrogen-bond donors (Lipinski definition) is 0. The molecule has 1 aliphatic heterocycles. The lowest BCUT2D eigenvalue weighted by Crippen LogP contribution is -2.30. The van der Waals surface area contributed by atoms with Crippen molar-refractivity contribution in [2.45, 2.75) is 19.4 Å². The van der Waals surface area contributed by atoms with Gasteiger partial charge in [0.1, 0.15) is 5.65 Å². The number of benzene rings is 1. The van der Waals surface area contributed by atoms with Gasteiger partial charge in [0.25, 0.3) is 5.56 Å². The fourth-order valence-electron chi connectivity index (χ4n) is 3.18. The molecule has 1 aromatic carbocycles. The van der Waals surface area contributed by atoms with Crippen molar-refractivity contribution in [3.8, 4) is 0 Å². The SMILES string of the molecule is O=c1cc(CN2CCCc3ccccc32)nc2ccc(Br)cn12. The van der Waals surface area contributed by atoms with Crippen LogP contribution in [-0.2, 0) is 13.0 Å². The Bertz CT molecular complexity index is 935. The third kappa shape index (κ3) is 2.77. The monoisotopic (exact) mass is 369 g/mol. The van der Waals surface area contributed by atoms with E-state index < -0.39 is 0 Å². The summed E-state index contributed by atoms with van der Waals surface area (Å²) in [5, 5.41) is 0. The van der Waals surface area contributed by atoms with Crippen LogP contribution in [0.3, 0.4) is 0 Å². The summed E-state index contributed by atoms with van der Waals surface area (Å²) in [5.74, 6) is 0. The van der Waals surface area contributed by atoms with E-state index in [0.717, 1.165) is 29.6 Å². The second-order valence-electron chi connectivity index (χ2n) is 5.82. The molecule has 0 saturated carbocycles. The molecule has 116 valence electrons. The Morgan fingerprint density at radius 3 is 2.96 bits per heavy atom. The summed E-state index contributed by atoms with van der Waals surface area (Å²) in [4.78, 5) is 19.3. The number of aryl methyl sites for hydroxylation is 1. The van der Waals surface area contributed by atoms with Crippen molar-refractivity contribution < 1.29 is 0 Å². The summed E-state index contributed by atoms with van der Waals surface area (Å²) in [7, 11) is 0. The normalized spacial score (nSPS) is 14.0. The van der Waals surface area contributed by atoms with Crippen molar-refractivity contribution in [3.63, 3.8) is 0 Å². The second kappa shape index (κ2) is 5.81. The summed E-state index contributed by atoms with van der Waals surface area (Å²) >= 11 is 3.39. The van der Waals surface area contributed by atoms with E-state index in [9.17, 15) is 4.79 Å². The third-order valence-electron chi connectivity index (χ3n) is 4.24. The zero-order valence-corrected chi connectivity index (χ0v) is 14.2. The number of nitrogens with zero attached hydrogens (tertiary/aromatic N) is 3. The van der Waals surface area contributed by atoms with Crippen LogP contribution in [0.1, 0.15) is 17.7 Å². The molecule has 3 aromatic rings. The summed E-state index contributed by atoms with van der Waals surface area (Å²) in [6.45, 7) is 1.66. The first-order valence-corrected chi connectivity index (χ1v) is 8.51. The molecule has 0 aliphatic carbocycles. The van der Waals surface area contributed by atoms with Gasteiger partial charge in [0.15, 0.2) is 0 Å². The van der Waals surface area contributed by atoms with Crippen LogP contribution in [0.5, 0.6) is 0 Å². The number of halogens is 1. The van der Waals surface area contributed by atoms with Crippen LogP contribution in [0.4, 0.5) is 5.69 Å². The van der Waals surface area contributed by atoms with E-state index in [0.29, 0.717) is 12.2 Å². The Labute approximate surface area is 142 Å². The van der Waals surface area contributed by atoms with Gasteiger partial charge in [-0.15, -0.1) is 0 Å². The van der Waals surface area contributed by atoms with E-state index in [2.05, 4.69) is 50.1 Å². The van der Waals surface area contributed by atoms with E-state index in [1.54, 1.807) is 16.7 Å². The number of pyridine rings is 1. The van der Waals surface area contributed by atoms with Gasteiger partial charge in [-0.25, -0.2) is 4.98 Å². The number of para-hydroxylation sites is 1. The van der Waals surface area contributed by atoms with Gasteiger partial charge in [-0.2, -0.15) is 0 Å². The van der Waals surface area contributed by atoms with E-state index >= 15 is 0 Å². The Hall–Kier alpha value is -2.14. The van der Waals surface area contributed by atoms with Crippen molar-refractivity contribution in [2.24, 2.45) is 0 Å². The van der Waals surface area contributed by atoms with Gasteiger partial charge in [-0.1, -0.05) is 18.2 Å². The Morgan fingerprint density at radius 2 is 2.04 bits per heavy atom. The smallest absolute Gasteiger partial charge is 0.258 e. The summed E-state index contributed by atoms with van der Waals surface area (Å²) in [5.41, 5.74) is 4.09. The molecule has 4 nitrogen and oxygen atoms in total. The molecule has 0 unspecified atom stereocenters. The minimum absolute atomic E-state index is 0.0448. The van der Waals surface area contributed by atoms with Crippen molar-refractivity contribution in [1.82, 2.24) is 9.38 Å². The van der Waals surface area contributed by atoms with Crippen molar-refractivity contribution in [1.29, 1.82) is 0 Å². The molecule has 1 aliphatic rings. The molecule has 0 spiro atoms. The Morgan fingerprint density at radius 1 is 1.17 bits per heavy atom. The van der Waals surface area contributed by atoms with E-state index in [1.165, 1.54) is 11.3 Å². The first kappa shape index (κ1) is 14.5. The average molecular weight is 370 g/mol. The molecular formula is C18H16BrN3O. The highest BCUT2D eigenvalue weighted by Gasteiger charge is 2.17. The number of aromatic nitrogens is 2. The maximum Gasteiger partial charge on any atom is 0.258 e. The Kier molecular flexibility index (Phi) is 3.65. The highest BCUT2D eigenvalue weighted by atomic mass is 79.9. The first-order chi connectivity index (χ1) is 11.2. The average Bonchev–Trinajstić information content (AvgIpc) is 2.56. The second-order valence-corrected chi connectivity index (χ2v) is 6.73. The maximum absolute atomic E-state index is 12.3. The quantitative estimate of drug-likeness (QED) is 0.694. The van der Waals surface area contributed by atoms with Gasteiger partial charge in [-0.3, -0.25) is 9.20 Å². The van der Waals surface area contributed by atoms with Gasteiger partial charge in [0.2, 0.25) is 0 Å². The molecule has 0 N–H and O–H groups in total. The molecular weight excluding hydrogens is 354 g/mol. The molecule has 4 rings (SSSR count). The molecule has 0 amide bonds. The molecule has 0 radical (unpaired) electrons. The number of anilines is 1. The predicted molar refractivity (Wildman–Crippen MR) is 95.0 cm³/mol. The highest BCUT2D eigenvalue weighted by Crippen LogP contribution is 2.27. The van der Waals surface area contributed by atoms with E-state index in [-0.39, 0.29) is 5.56 Å². The molecule has 0 bridgehead atoms. The van der Waals surface area contributed by atoms with E-state index in [4.69, 9.17) is 0 Å². The van der Waals surface area contributed by atoms with Crippen molar-refractivity contribution >= 4 is 27.3 Å². The summed E-state index contributed by atoms with van der Waals surface area (Å²) in [6.07, 6.45) is 4.01. The zero-order valence-electron chi connectivity index (χ0n) is 12.6. The molecule has 3 heterocycles. The topological polar surface area (TPSA) is 37.6 Å². The summed E-state index contributed by atoms with van der Waals surface area (Å²) < 4.78 is 2.43. The lowest BCUT2D eigenvalue weighted by atomic mass is 10.0. The minimum Gasteiger partial charge on any atom is -0.365 e. The van der Waals surface area contributed by atoms with E-state index in [1.807, 2.05) is 12.1 Å². The van der Waals surface area contributed by atoms with Crippen molar-refractivity contribution in [2.75, 3.05) is 11.4 Å².